The first-order chi connectivity index (χ1) is 6.72. The lowest BCUT2D eigenvalue weighted by atomic mass is 9.91. The lowest BCUT2D eigenvalue weighted by molar-refractivity contribution is 0.967. The second-order valence-corrected chi connectivity index (χ2v) is 4.21. The van der Waals surface area contributed by atoms with Crippen LogP contribution in [0.2, 0.25) is 10.0 Å². The zero-order valence-corrected chi connectivity index (χ0v) is 9.20. The number of hydrogen-bond donors (Lipinski definition) is 1. The van der Waals surface area contributed by atoms with E-state index in [0.29, 0.717) is 16.6 Å². The van der Waals surface area contributed by atoms with Gasteiger partial charge in [-0.1, -0.05) is 29.3 Å². The van der Waals surface area contributed by atoms with E-state index >= 15 is 0 Å². The van der Waals surface area contributed by atoms with E-state index in [4.69, 9.17) is 28.9 Å². The fourth-order valence-corrected chi connectivity index (χ4v) is 2.15. The zero-order chi connectivity index (χ0) is 10.1. The first-order valence-corrected chi connectivity index (χ1v) is 5.35. The van der Waals surface area contributed by atoms with E-state index in [0.717, 1.165) is 18.4 Å². The first-order valence-electron chi connectivity index (χ1n) is 4.59. The van der Waals surface area contributed by atoms with Crippen LogP contribution in [-0.2, 0) is 6.42 Å². The molecule has 0 atom stereocenters. The maximum absolute atomic E-state index is 5.97. The molecule has 2 N–H and O–H groups in total. The van der Waals surface area contributed by atoms with Crippen LogP contribution in [0.4, 0.5) is 0 Å². The van der Waals surface area contributed by atoms with Crippen LogP contribution < -0.4 is 5.73 Å². The molecule has 1 aliphatic carbocycles. The van der Waals surface area contributed by atoms with Gasteiger partial charge >= 0.3 is 0 Å². The third-order valence-corrected chi connectivity index (χ3v) is 3.24. The Kier molecular flexibility index (Phi) is 2.82. The molecular weight excluding hydrogens is 217 g/mol. The highest BCUT2D eigenvalue weighted by Crippen LogP contribution is 2.32. The summed E-state index contributed by atoms with van der Waals surface area (Å²) in [5.41, 5.74) is 9.25. The minimum atomic E-state index is 0.560. The number of aryl methyl sites for hydroxylation is 1. The molecule has 3 heteroatoms. The fourth-order valence-electron chi connectivity index (χ4n) is 1.80. The molecule has 1 nitrogen and oxygen atoms in total. The van der Waals surface area contributed by atoms with Crippen molar-refractivity contribution >= 4 is 28.8 Å². The van der Waals surface area contributed by atoms with Gasteiger partial charge in [-0.25, -0.2) is 0 Å². The molecular formula is C11H11Cl2N. The molecule has 0 saturated carbocycles. The Bertz CT molecular complexity index is 397. The van der Waals surface area contributed by atoms with Crippen LogP contribution in [0.15, 0.2) is 18.2 Å². The number of rotatable bonds is 1. The minimum absolute atomic E-state index is 0.560. The van der Waals surface area contributed by atoms with Gasteiger partial charge in [0, 0.05) is 6.54 Å². The van der Waals surface area contributed by atoms with E-state index in [1.165, 1.54) is 11.1 Å². The van der Waals surface area contributed by atoms with E-state index in [1.807, 2.05) is 12.1 Å². The molecule has 0 aromatic heterocycles. The zero-order valence-electron chi connectivity index (χ0n) is 7.69. The molecule has 2 rings (SSSR count). The Balaban J connectivity index is 2.56. The van der Waals surface area contributed by atoms with Crippen molar-refractivity contribution in [1.82, 2.24) is 0 Å². The fraction of sp³-hybridized carbons (Fsp3) is 0.273. The van der Waals surface area contributed by atoms with Gasteiger partial charge in [-0.3, -0.25) is 0 Å². The van der Waals surface area contributed by atoms with Crippen molar-refractivity contribution in [2.24, 2.45) is 5.73 Å². The molecule has 0 saturated heterocycles. The maximum Gasteiger partial charge on any atom is 0.0598 e. The normalized spacial score (nSPS) is 14.9. The van der Waals surface area contributed by atoms with Gasteiger partial charge < -0.3 is 5.73 Å². The molecule has 1 aromatic carbocycles. The Morgan fingerprint density at radius 3 is 2.64 bits per heavy atom. The quantitative estimate of drug-likeness (QED) is 0.784. The summed E-state index contributed by atoms with van der Waals surface area (Å²) in [6.07, 6.45) is 4.24. The van der Waals surface area contributed by atoms with Crippen molar-refractivity contribution in [3.63, 3.8) is 0 Å². The second kappa shape index (κ2) is 3.93. The predicted molar refractivity (Wildman–Crippen MR) is 61.8 cm³/mol. The topological polar surface area (TPSA) is 26.0 Å². The molecule has 0 fully saturated rings. The van der Waals surface area contributed by atoms with E-state index in [1.54, 1.807) is 0 Å². The second-order valence-electron chi connectivity index (χ2n) is 3.40. The van der Waals surface area contributed by atoms with E-state index in [2.05, 4.69) is 6.08 Å². The summed E-state index contributed by atoms with van der Waals surface area (Å²) in [6.45, 7) is 0.560. The molecule has 74 valence electrons. The van der Waals surface area contributed by atoms with Crippen molar-refractivity contribution in [1.29, 1.82) is 0 Å². The molecule has 0 bridgehead atoms. The predicted octanol–water partition coefficient (Wildman–Crippen LogP) is 3.28. The molecule has 0 amide bonds. The van der Waals surface area contributed by atoms with Gasteiger partial charge in [-0.2, -0.15) is 0 Å². The molecule has 1 aromatic rings. The number of allylic oxidation sites excluding steroid dienone is 1. The number of halogens is 2. The lowest BCUT2D eigenvalue weighted by Gasteiger charge is -2.17. The summed E-state index contributed by atoms with van der Waals surface area (Å²) in [4.78, 5) is 0. The van der Waals surface area contributed by atoms with Crippen LogP contribution in [0.25, 0.3) is 5.57 Å². The van der Waals surface area contributed by atoms with Gasteiger partial charge in [-0.05, 0) is 41.7 Å². The third kappa shape index (κ3) is 1.68. The van der Waals surface area contributed by atoms with Gasteiger partial charge in [0.05, 0.1) is 10.0 Å². The Morgan fingerprint density at radius 2 is 1.93 bits per heavy atom. The van der Waals surface area contributed by atoms with Crippen molar-refractivity contribution in [2.45, 2.75) is 12.8 Å². The van der Waals surface area contributed by atoms with Gasteiger partial charge in [0.15, 0.2) is 0 Å². The van der Waals surface area contributed by atoms with Crippen LogP contribution in [-0.4, -0.2) is 6.54 Å². The Hall–Kier alpha value is -0.500. The monoisotopic (exact) mass is 227 g/mol. The van der Waals surface area contributed by atoms with Crippen LogP contribution in [0.1, 0.15) is 17.5 Å². The summed E-state index contributed by atoms with van der Waals surface area (Å²) < 4.78 is 0. The van der Waals surface area contributed by atoms with Gasteiger partial charge in [-0.15, -0.1) is 0 Å². The number of nitrogens with two attached hydrogens (primary N) is 1. The SMILES string of the molecule is NCC1=CCCc2cc(Cl)c(Cl)cc21. The summed E-state index contributed by atoms with van der Waals surface area (Å²) >= 11 is 11.9. The summed E-state index contributed by atoms with van der Waals surface area (Å²) in [6, 6.07) is 3.86. The molecule has 14 heavy (non-hydrogen) atoms. The average molecular weight is 228 g/mol. The highest BCUT2D eigenvalue weighted by molar-refractivity contribution is 6.42. The van der Waals surface area contributed by atoms with E-state index in [-0.39, 0.29) is 0 Å². The van der Waals surface area contributed by atoms with Crippen molar-refractivity contribution in [2.75, 3.05) is 6.54 Å². The van der Waals surface area contributed by atoms with Crippen molar-refractivity contribution in [3.8, 4) is 0 Å². The van der Waals surface area contributed by atoms with Crippen molar-refractivity contribution < 1.29 is 0 Å². The number of hydrogen-bond acceptors (Lipinski definition) is 1. The van der Waals surface area contributed by atoms with Gasteiger partial charge in [0.25, 0.3) is 0 Å². The van der Waals surface area contributed by atoms with Crippen LogP contribution in [0.3, 0.4) is 0 Å². The molecule has 0 radical (unpaired) electrons. The van der Waals surface area contributed by atoms with Crippen LogP contribution in [0, 0.1) is 0 Å². The molecule has 0 unspecified atom stereocenters. The lowest BCUT2D eigenvalue weighted by Crippen LogP contribution is -2.08. The highest BCUT2D eigenvalue weighted by Gasteiger charge is 2.13. The van der Waals surface area contributed by atoms with E-state index < -0.39 is 0 Å². The summed E-state index contributed by atoms with van der Waals surface area (Å²) in [5.74, 6) is 0. The summed E-state index contributed by atoms with van der Waals surface area (Å²) in [7, 11) is 0. The largest absolute Gasteiger partial charge is 0.326 e. The summed E-state index contributed by atoms with van der Waals surface area (Å²) in [5, 5.41) is 1.23. The Morgan fingerprint density at radius 1 is 1.21 bits per heavy atom. The smallest absolute Gasteiger partial charge is 0.0598 e. The molecule has 0 spiro atoms. The number of benzene rings is 1. The standard InChI is InChI=1S/C11H11Cl2N/c12-10-4-7-2-1-3-8(6-14)9(7)5-11(10)13/h3-5H,1-2,6,14H2. The average Bonchev–Trinajstić information content (AvgIpc) is 2.19. The number of fused-ring (bicyclic) bond motifs is 1. The maximum atomic E-state index is 5.97. The van der Waals surface area contributed by atoms with Crippen molar-refractivity contribution in [3.05, 3.63) is 39.4 Å². The van der Waals surface area contributed by atoms with Crippen LogP contribution in [0.5, 0.6) is 0 Å². The first kappa shape index (κ1) is 10.0. The van der Waals surface area contributed by atoms with E-state index in [9.17, 15) is 0 Å². The van der Waals surface area contributed by atoms with Gasteiger partial charge in [0.2, 0.25) is 0 Å². The molecule has 1 aliphatic rings. The third-order valence-electron chi connectivity index (χ3n) is 2.52. The van der Waals surface area contributed by atoms with Gasteiger partial charge in [0.1, 0.15) is 0 Å². The molecule has 0 aliphatic heterocycles. The molecule has 0 heterocycles. The highest BCUT2D eigenvalue weighted by atomic mass is 35.5. The Labute approximate surface area is 93.5 Å². The minimum Gasteiger partial charge on any atom is -0.326 e. The van der Waals surface area contributed by atoms with Crippen LogP contribution >= 0.6 is 23.2 Å².